The summed E-state index contributed by atoms with van der Waals surface area (Å²) in [7, 11) is 0. The predicted molar refractivity (Wildman–Crippen MR) is 30.1 cm³/mol. The van der Waals surface area contributed by atoms with E-state index in [1.165, 1.54) is 0 Å². The smallest absolute Gasteiger partial charge is 0.122 e. The summed E-state index contributed by atoms with van der Waals surface area (Å²) in [5.74, 6) is -0.839. The van der Waals surface area contributed by atoms with Crippen LogP contribution in [0.4, 0.5) is 0 Å². The highest BCUT2D eigenvalue weighted by atomic mass is 16.1. The van der Waals surface area contributed by atoms with Gasteiger partial charge in [0.15, 0.2) is 0 Å². The third-order valence-corrected chi connectivity index (χ3v) is 0.846. The van der Waals surface area contributed by atoms with Crippen LogP contribution < -0.4 is 0 Å². The van der Waals surface area contributed by atoms with E-state index in [2.05, 4.69) is 0 Å². The molecule has 0 aliphatic carbocycles. The molecule has 0 aliphatic rings. The minimum absolute atomic E-state index is 0.663. The Hall–Kier alpha value is -0.330. The lowest BCUT2D eigenvalue weighted by atomic mass is 10.1. The number of carbonyl (C=O) groups excluding carboxylic acids is 1. The molecule has 1 heteroatoms. The van der Waals surface area contributed by atoms with Crippen LogP contribution in [-0.2, 0) is 4.79 Å². The van der Waals surface area contributed by atoms with E-state index in [-0.39, 0.29) is 0 Å². The molecule has 0 rings (SSSR count). The first-order valence-electron chi connectivity index (χ1n) is 3.09. The lowest BCUT2D eigenvalue weighted by Gasteiger charge is -1.94. The zero-order chi connectivity index (χ0) is 6.62. The standard InChI is InChI=1S/C6H12O/c1-3-4-6(2)5-7/h5-6H,3-4H2,1-2H3/t6-/m0/s1/i6D. The Bertz CT molecular complexity index is 78.6. The molecular formula is C6H12O. The molecule has 0 heterocycles. The molecule has 0 bridgehead atoms. The lowest BCUT2D eigenvalue weighted by molar-refractivity contribution is -0.110. The van der Waals surface area contributed by atoms with Crippen molar-refractivity contribution in [1.82, 2.24) is 0 Å². The summed E-state index contributed by atoms with van der Waals surface area (Å²) in [4.78, 5) is 10.0. The molecule has 0 aromatic heterocycles. The quantitative estimate of drug-likeness (QED) is 0.494. The van der Waals surface area contributed by atoms with Crippen LogP contribution >= 0.6 is 0 Å². The van der Waals surface area contributed by atoms with Crippen molar-refractivity contribution in [1.29, 1.82) is 0 Å². The Morgan fingerprint density at radius 2 is 2.57 bits per heavy atom. The van der Waals surface area contributed by atoms with Gasteiger partial charge in [-0.1, -0.05) is 20.3 Å². The third kappa shape index (κ3) is 3.50. The van der Waals surface area contributed by atoms with Gasteiger partial charge in [0.2, 0.25) is 0 Å². The first kappa shape index (κ1) is 4.82. The van der Waals surface area contributed by atoms with Crippen LogP contribution in [0.3, 0.4) is 0 Å². The molecule has 7 heavy (non-hydrogen) atoms. The molecule has 42 valence electrons. The molecule has 0 radical (unpaired) electrons. The highest BCUT2D eigenvalue weighted by Crippen LogP contribution is 1.98. The average Bonchev–Trinajstić information content (AvgIpc) is 1.67. The minimum Gasteiger partial charge on any atom is -0.303 e. The van der Waals surface area contributed by atoms with E-state index < -0.39 is 5.89 Å². The number of rotatable bonds is 3. The SMILES string of the molecule is [2H][C@@](C)(C=O)CCC. The summed E-state index contributed by atoms with van der Waals surface area (Å²) in [6, 6.07) is 0. The summed E-state index contributed by atoms with van der Waals surface area (Å²) in [6.07, 6.45) is 2.26. The minimum atomic E-state index is -0.839. The van der Waals surface area contributed by atoms with Gasteiger partial charge in [-0.25, -0.2) is 0 Å². The molecule has 0 aliphatic heterocycles. The Morgan fingerprint density at radius 3 is 2.71 bits per heavy atom. The largest absolute Gasteiger partial charge is 0.303 e. The maximum Gasteiger partial charge on any atom is 0.122 e. The Labute approximate surface area is 46.1 Å². The highest BCUT2D eigenvalue weighted by Gasteiger charge is 1.93. The van der Waals surface area contributed by atoms with Crippen molar-refractivity contribution in [3.8, 4) is 0 Å². The second kappa shape index (κ2) is 3.85. The van der Waals surface area contributed by atoms with Gasteiger partial charge >= 0.3 is 0 Å². The summed E-state index contributed by atoms with van der Waals surface area (Å²) in [6.45, 7) is 3.60. The van der Waals surface area contributed by atoms with Gasteiger partial charge in [0, 0.05) is 7.26 Å². The van der Waals surface area contributed by atoms with Crippen LogP contribution in [0, 0.1) is 5.89 Å². The molecule has 0 N–H and O–H groups in total. The Kier molecular flexibility index (Phi) is 2.65. The zero-order valence-corrected chi connectivity index (χ0v) is 4.90. The van der Waals surface area contributed by atoms with Crippen LogP contribution in [0.5, 0.6) is 0 Å². The second-order valence-electron chi connectivity index (χ2n) is 1.71. The fourth-order valence-corrected chi connectivity index (χ4v) is 0.453. The lowest BCUT2D eigenvalue weighted by Crippen LogP contribution is -1.92. The average molecular weight is 101 g/mol. The molecule has 0 unspecified atom stereocenters. The summed E-state index contributed by atoms with van der Waals surface area (Å²) >= 11 is 0. The van der Waals surface area contributed by atoms with Crippen molar-refractivity contribution < 1.29 is 6.17 Å². The van der Waals surface area contributed by atoms with Gasteiger partial charge in [0.05, 0.1) is 0 Å². The van der Waals surface area contributed by atoms with Gasteiger partial charge in [0.1, 0.15) is 6.29 Å². The van der Waals surface area contributed by atoms with Gasteiger partial charge < -0.3 is 4.79 Å². The van der Waals surface area contributed by atoms with E-state index in [0.29, 0.717) is 12.7 Å². The molecule has 0 aromatic rings. The van der Waals surface area contributed by atoms with Gasteiger partial charge in [0.25, 0.3) is 0 Å². The number of hydrogen-bond acceptors (Lipinski definition) is 1. The molecule has 0 spiro atoms. The normalized spacial score (nSPS) is 20.0. The Balaban J connectivity index is 3.53. The van der Waals surface area contributed by atoms with Crippen molar-refractivity contribution in [2.45, 2.75) is 26.7 Å². The molecule has 0 fully saturated rings. The topological polar surface area (TPSA) is 17.1 Å². The molecule has 0 saturated heterocycles. The molecular weight excluding hydrogens is 88.1 g/mol. The maximum absolute atomic E-state index is 10.0. The van der Waals surface area contributed by atoms with E-state index in [1.54, 1.807) is 6.92 Å². The van der Waals surface area contributed by atoms with Gasteiger partial charge in [-0.05, 0) is 6.42 Å². The molecule has 1 atom stereocenters. The van der Waals surface area contributed by atoms with Gasteiger partial charge in [-0.2, -0.15) is 0 Å². The highest BCUT2D eigenvalue weighted by molar-refractivity contribution is 5.52. The predicted octanol–water partition coefficient (Wildman–Crippen LogP) is 1.62. The number of carbonyl (C=O) groups is 1. The van der Waals surface area contributed by atoms with Crippen molar-refractivity contribution in [3.05, 3.63) is 0 Å². The van der Waals surface area contributed by atoms with E-state index in [0.717, 1.165) is 6.42 Å². The van der Waals surface area contributed by atoms with Crippen molar-refractivity contribution >= 4 is 6.29 Å². The van der Waals surface area contributed by atoms with Crippen molar-refractivity contribution in [2.24, 2.45) is 5.89 Å². The van der Waals surface area contributed by atoms with Crippen molar-refractivity contribution in [2.75, 3.05) is 0 Å². The zero-order valence-electron chi connectivity index (χ0n) is 5.90. The third-order valence-electron chi connectivity index (χ3n) is 0.846. The van der Waals surface area contributed by atoms with Crippen LogP contribution in [0.1, 0.15) is 28.1 Å². The molecule has 0 aromatic carbocycles. The molecule has 1 nitrogen and oxygen atoms in total. The van der Waals surface area contributed by atoms with Crippen molar-refractivity contribution in [3.63, 3.8) is 0 Å². The Morgan fingerprint density at radius 1 is 2.00 bits per heavy atom. The van der Waals surface area contributed by atoms with E-state index in [1.807, 2.05) is 6.92 Å². The van der Waals surface area contributed by atoms with Crippen LogP contribution in [-0.4, -0.2) is 6.29 Å². The van der Waals surface area contributed by atoms with Gasteiger partial charge in [-0.15, -0.1) is 0 Å². The van der Waals surface area contributed by atoms with Crippen LogP contribution in [0.15, 0.2) is 0 Å². The maximum atomic E-state index is 10.0. The van der Waals surface area contributed by atoms with E-state index in [4.69, 9.17) is 1.37 Å². The van der Waals surface area contributed by atoms with E-state index in [9.17, 15) is 4.79 Å². The van der Waals surface area contributed by atoms with Crippen LogP contribution in [0.25, 0.3) is 0 Å². The summed E-state index contributed by atoms with van der Waals surface area (Å²) < 4.78 is 7.21. The first-order valence-corrected chi connectivity index (χ1v) is 2.59. The molecule has 0 amide bonds. The first-order chi connectivity index (χ1) is 3.62. The second-order valence-corrected chi connectivity index (χ2v) is 1.71. The fourth-order valence-electron chi connectivity index (χ4n) is 0.453. The summed E-state index contributed by atoms with van der Waals surface area (Å²) in [5.41, 5.74) is 0. The number of aldehydes is 1. The molecule has 0 saturated carbocycles. The summed E-state index contributed by atoms with van der Waals surface area (Å²) in [5, 5.41) is 0. The monoisotopic (exact) mass is 101 g/mol. The van der Waals surface area contributed by atoms with Crippen LogP contribution in [0.2, 0.25) is 0 Å². The van der Waals surface area contributed by atoms with E-state index >= 15 is 0 Å². The van der Waals surface area contributed by atoms with Gasteiger partial charge in [-0.3, -0.25) is 0 Å². The number of hydrogen-bond donors (Lipinski definition) is 0. The fraction of sp³-hybridized carbons (Fsp3) is 0.833.